The Kier molecular flexibility index (Phi) is 5.24. The highest BCUT2D eigenvalue weighted by molar-refractivity contribution is 7.80. The molecule has 110 valence electrons. The highest BCUT2D eigenvalue weighted by Crippen LogP contribution is 2.29. The summed E-state index contributed by atoms with van der Waals surface area (Å²) in [6.07, 6.45) is 3.82. The Morgan fingerprint density at radius 1 is 1.20 bits per heavy atom. The number of ether oxygens (including phenoxy) is 1. The summed E-state index contributed by atoms with van der Waals surface area (Å²) < 4.78 is 5.15. The Bertz CT molecular complexity index is 446. The van der Waals surface area contributed by atoms with Gasteiger partial charge in [0.05, 0.1) is 7.11 Å². The molecule has 4 heteroatoms. The summed E-state index contributed by atoms with van der Waals surface area (Å²) >= 11 is 5.42. The SMILES string of the molecule is COc1ccc(NC(=S)N[C@@H]2CCC[C@@H](C)[C@@H]2C)cc1. The van der Waals surface area contributed by atoms with Crippen molar-refractivity contribution in [3.63, 3.8) is 0 Å². The van der Waals surface area contributed by atoms with Crippen molar-refractivity contribution in [3.05, 3.63) is 24.3 Å². The number of hydrogen-bond acceptors (Lipinski definition) is 2. The summed E-state index contributed by atoms with van der Waals surface area (Å²) in [6.45, 7) is 4.65. The fourth-order valence-electron chi connectivity index (χ4n) is 2.80. The number of benzene rings is 1. The van der Waals surface area contributed by atoms with Gasteiger partial charge in [-0.3, -0.25) is 0 Å². The Morgan fingerprint density at radius 3 is 2.55 bits per heavy atom. The van der Waals surface area contributed by atoms with E-state index in [0.717, 1.165) is 17.4 Å². The van der Waals surface area contributed by atoms with Gasteiger partial charge in [-0.1, -0.05) is 26.7 Å². The maximum Gasteiger partial charge on any atom is 0.171 e. The molecule has 1 saturated carbocycles. The number of nitrogens with one attached hydrogen (secondary N) is 2. The van der Waals surface area contributed by atoms with Gasteiger partial charge in [-0.15, -0.1) is 0 Å². The highest BCUT2D eigenvalue weighted by Gasteiger charge is 2.27. The molecule has 0 spiro atoms. The lowest BCUT2D eigenvalue weighted by Gasteiger charge is -2.35. The number of methoxy groups -OCH3 is 1. The number of thiocarbonyl (C=S) groups is 1. The second-order valence-corrected chi connectivity index (χ2v) is 6.11. The minimum absolute atomic E-state index is 0.483. The monoisotopic (exact) mass is 292 g/mol. The summed E-state index contributed by atoms with van der Waals surface area (Å²) in [6, 6.07) is 8.28. The molecule has 0 amide bonds. The summed E-state index contributed by atoms with van der Waals surface area (Å²) in [5.41, 5.74) is 0.986. The fourth-order valence-corrected chi connectivity index (χ4v) is 3.06. The lowest BCUT2D eigenvalue weighted by molar-refractivity contribution is 0.225. The van der Waals surface area contributed by atoms with Gasteiger partial charge in [-0.05, 0) is 54.7 Å². The Morgan fingerprint density at radius 2 is 1.90 bits per heavy atom. The highest BCUT2D eigenvalue weighted by atomic mass is 32.1. The molecule has 0 aromatic heterocycles. The van der Waals surface area contributed by atoms with Crippen LogP contribution >= 0.6 is 12.2 Å². The predicted octanol–water partition coefficient (Wildman–Crippen LogP) is 3.81. The normalized spacial score (nSPS) is 25.9. The summed E-state index contributed by atoms with van der Waals surface area (Å²) in [7, 11) is 1.67. The van der Waals surface area contributed by atoms with Crippen molar-refractivity contribution in [2.45, 2.75) is 39.2 Å². The van der Waals surface area contributed by atoms with Gasteiger partial charge in [0, 0.05) is 11.7 Å². The Hall–Kier alpha value is -1.29. The molecule has 0 heterocycles. The van der Waals surface area contributed by atoms with Crippen LogP contribution in [-0.2, 0) is 0 Å². The molecule has 20 heavy (non-hydrogen) atoms. The van der Waals surface area contributed by atoms with Crippen LogP contribution in [0.2, 0.25) is 0 Å². The van der Waals surface area contributed by atoms with Gasteiger partial charge in [0.2, 0.25) is 0 Å². The van der Waals surface area contributed by atoms with Gasteiger partial charge < -0.3 is 15.4 Å². The van der Waals surface area contributed by atoms with Crippen LogP contribution in [0.4, 0.5) is 5.69 Å². The maximum atomic E-state index is 5.42. The minimum atomic E-state index is 0.483. The smallest absolute Gasteiger partial charge is 0.171 e. The quantitative estimate of drug-likeness (QED) is 0.830. The third-order valence-electron chi connectivity index (χ3n) is 4.37. The zero-order valence-electron chi connectivity index (χ0n) is 12.5. The molecule has 0 radical (unpaired) electrons. The molecule has 3 nitrogen and oxygen atoms in total. The van der Waals surface area contributed by atoms with Gasteiger partial charge in [0.25, 0.3) is 0 Å². The van der Waals surface area contributed by atoms with E-state index in [2.05, 4.69) is 24.5 Å². The van der Waals surface area contributed by atoms with Gasteiger partial charge in [-0.25, -0.2) is 0 Å². The molecule has 0 saturated heterocycles. The molecule has 1 aromatic carbocycles. The lowest BCUT2D eigenvalue weighted by Crippen LogP contribution is -2.45. The average Bonchev–Trinajstić information content (AvgIpc) is 2.45. The van der Waals surface area contributed by atoms with E-state index < -0.39 is 0 Å². The van der Waals surface area contributed by atoms with E-state index in [0.29, 0.717) is 17.1 Å². The van der Waals surface area contributed by atoms with Crippen LogP contribution in [0.25, 0.3) is 0 Å². The van der Waals surface area contributed by atoms with Crippen molar-refractivity contribution in [2.24, 2.45) is 11.8 Å². The van der Waals surface area contributed by atoms with E-state index in [1.807, 2.05) is 24.3 Å². The predicted molar refractivity (Wildman–Crippen MR) is 88.3 cm³/mol. The second-order valence-electron chi connectivity index (χ2n) is 5.70. The van der Waals surface area contributed by atoms with E-state index in [4.69, 9.17) is 17.0 Å². The van der Waals surface area contributed by atoms with E-state index in [9.17, 15) is 0 Å². The van der Waals surface area contributed by atoms with E-state index in [1.165, 1.54) is 19.3 Å². The minimum Gasteiger partial charge on any atom is -0.497 e. The maximum absolute atomic E-state index is 5.42. The van der Waals surface area contributed by atoms with E-state index in [1.54, 1.807) is 7.11 Å². The molecular weight excluding hydrogens is 268 g/mol. The van der Waals surface area contributed by atoms with Gasteiger partial charge in [-0.2, -0.15) is 0 Å². The molecule has 2 N–H and O–H groups in total. The fraction of sp³-hybridized carbons (Fsp3) is 0.562. The van der Waals surface area contributed by atoms with Gasteiger partial charge in [0.15, 0.2) is 5.11 Å². The molecule has 1 aromatic rings. The average molecular weight is 292 g/mol. The summed E-state index contributed by atoms with van der Waals surface area (Å²) in [5, 5.41) is 7.42. The molecular formula is C16H24N2OS. The topological polar surface area (TPSA) is 33.3 Å². The number of rotatable bonds is 3. The number of hydrogen-bond donors (Lipinski definition) is 2. The third kappa shape index (κ3) is 3.85. The first-order valence-electron chi connectivity index (χ1n) is 7.31. The first kappa shape index (κ1) is 15.1. The molecule has 2 rings (SSSR count). The second kappa shape index (κ2) is 6.93. The van der Waals surface area contributed by atoms with Crippen molar-refractivity contribution in [2.75, 3.05) is 12.4 Å². The Balaban J connectivity index is 1.88. The molecule has 0 unspecified atom stereocenters. The zero-order chi connectivity index (χ0) is 14.5. The van der Waals surface area contributed by atoms with Crippen LogP contribution in [0.15, 0.2) is 24.3 Å². The van der Waals surface area contributed by atoms with E-state index >= 15 is 0 Å². The first-order valence-corrected chi connectivity index (χ1v) is 7.72. The molecule has 1 fully saturated rings. The molecule has 0 bridgehead atoms. The standard InChI is InChI=1S/C16H24N2OS/c1-11-5-4-6-15(12(11)2)18-16(20)17-13-7-9-14(19-3)10-8-13/h7-12,15H,4-6H2,1-3H3,(H2,17,18,20)/t11-,12+,15-/m1/s1. The van der Waals surface area contributed by atoms with Crippen molar-refractivity contribution >= 4 is 23.0 Å². The van der Waals surface area contributed by atoms with Crippen molar-refractivity contribution in [1.29, 1.82) is 0 Å². The molecule has 3 atom stereocenters. The molecule has 0 aliphatic heterocycles. The van der Waals surface area contributed by atoms with Gasteiger partial charge in [0.1, 0.15) is 5.75 Å². The van der Waals surface area contributed by atoms with Crippen LogP contribution < -0.4 is 15.4 Å². The number of anilines is 1. The Labute approximate surface area is 127 Å². The van der Waals surface area contributed by atoms with Crippen LogP contribution in [0, 0.1) is 11.8 Å². The van der Waals surface area contributed by atoms with Crippen molar-refractivity contribution in [3.8, 4) is 5.75 Å². The lowest BCUT2D eigenvalue weighted by atomic mass is 9.78. The van der Waals surface area contributed by atoms with Crippen LogP contribution in [0.3, 0.4) is 0 Å². The summed E-state index contributed by atoms with van der Waals surface area (Å²) in [5.74, 6) is 2.29. The van der Waals surface area contributed by atoms with Crippen LogP contribution in [0.5, 0.6) is 5.75 Å². The van der Waals surface area contributed by atoms with Crippen molar-refractivity contribution < 1.29 is 4.74 Å². The zero-order valence-corrected chi connectivity index (χ0v) is 13.3. The van der Waals surface area contributed by atoms with Crippen LogP contribution in [0.1, 0.15) is 33.1 Å². The van der Waals surface area contributed by atoms with E-state index in [-0.39, 0.29) is 0 Å². The summed E-state index contributed by atoms with van der Waals surface area (Å²) in [4.78, 5) is 0. The third-order valence-corrected chi connectivity index (χ3v) is 4.59. The van der Waals surface area contributed by atoms with Gasteiger partial charge >= 0.3 is 0 Å². The molecule has 1 aliphatic rings. The van der Waals surface area contributed by atoms with Crippen molar-refractivity contribution in [1.82, 2.24) is 5.32 Å². The first-order chi connectivity index (χ1) is 9.60. The molecule has 1 aliphatic carbocycles. The van der Waals surface area contributed by atoms with Crippen LogP contribution in [-0.4, -0.2) is 18.3 Å². The largest absolute Gasteiger partial charge is 0.497 e.